The van der Waals surface area contributed by atoms with Crippen LogP contribution in [0.15, 0.2) is 22.5 Å². The van der Waals surface area contributed by atoms with Crippen LogP contribution in [-0.4, -0.2) is 67.0 Å². The number of rotatable bonds is 4. The summed E-state index contributed by atoms with van der Waals surface area (Å²) in [5.41, 5.74) is 0. The van der Waals surface area contributed by atoms with Crippen LogP contribution in [0.1, 0.15) is 24.8 Å². The van der Waals surface area contributed by atoms with Gasteiger partial charge < -0.3 is 14.5 Å². The molecule has 0 unspecified atom stereocenters. The molecule has 25 heavy (non-hydrogen) atoms. The highest BCUT2D eigenvalue weighted by molar-refractivity contribution is 7.10. The monoisotopic (exact) mass is 364 g/mol. The third kappa shape index (κ3) is 3.85. The normalized spacial score (nSPS) is 24.6. The fourth-order valence-corrected chi connectivity index (χ4v) is 3.96. The molecule has 1 fully saturated rings. The smallest absolute Gasteiger partial charge is 0.321 e. The molecule has 3 heterocycles. The van der Waals surface area contributed by atoms with Crippen LogP contribution in [-0.2, 0) is 14.3 Å². The van der Waals surface area contributed by atoms with Gasteiger partial charge in [-0.15, -0.1) is 11.3 Å². The Morgan fingerprint density at radius 1 is 1.36 bits per heavy atom. The minimum Gasteiger partial charge on any atom is -0.465 e. The number of ether oxygens (including phenoxy) is 1. The number of nitrogens with one attached hydrogen (secondary N) is 1. The third-order valence-electron chi connectivity index (χ3n) is 4.59. The number of aliphatic imine (C=N–C) groups is 1. The molecule has 0 bridgehead atoms. The highest BCUT2D eigenvalue weighted by Crippen LogP contribution is 2.33. The van der Waals surface area contributed by atoms with Gasteiger partial charge in [0.05, 0.1) is 6.61 Å². The first kappa shape index (κ1) is 17.9. The average Bonchev–Trinajstić information content (AvgIpc) is 3.16. The van der Waals surface area contributed by atoms with Crippen molar-refractivity contribution in [2.75, 3.05) is 39.3 Å². The van der Waals surface area contributed by atoms with E-state index < -0.39 is 17.9 Å². The van der Waals surface area contributed by atoms with E-state index in [2.05, 4.69) is 22.0 Å². The van der Waals surface area contributed by atoms with Gasteiger partial charge in [-0.05, 0) is 24.9 Å². The molecule has 136 valence electrons. The molecule has 1 aromatic rings. The van der Waals surface area contributed by atoms with Crippen molar-refractivity contribution in [1.29, 1.82) is 0 Å². The predicted molar refractivity (Wildman–Crippen MR) is 96.4 cm³/mol. The quantitative estimate of drug-likeness (QED) is 0.640. The van der Waals surface area contributed by atoms with Crippen LogP contribution in [0.5, 0.6) is 0 Å². The molecule has 8 heteroatoms. The number of carbonyl (C=O) groups excluding carboxylic acids is 2. The van der Waals surface area contributed by atoms with Crippen LogP contribution in [0.4, 0.5) is 0 Å². The molecule has 7 nitrogen and oxygen atoms in total. The number of likely N-dealkylation sites (N-methyl/N-ethyl adjacent to an activating group) is 1. The molecule has 0 aromatic carbocycles. The lowest BCUT2D eigenvalue weighted by molar-refractivity contribution is -0.153. The number of guanidine groups is 1. The first-order chi connectivity index (χ1) is 12.1. The number of esters is 1. The van der Waals surface area contributed by atoms with Gasteiger partial charge in [-0.25, -0.2) is 4.99 Å². The van der Waals surface area contributed by atoms with Crippen LogP contribution in [0.2, 0.25) is 0 Å². The molecule has 0 aliphatic carbocycles. The van der Waals surface area contributed by atoms with Crippen molar-refractivity contribution in [2.24, 2.45) is 10.9 Å². The van der Waals surface area contributed by atoms with Crippen LogP contribution >= 0.6 is 11.3 Å². The first-order valence-electron chi connectivity index (χ1n) is 8.70. The van der Waals surface area contributed by atoms with Gasteiger partial charge in [-0.1, -0.05) is 13.0 Å². The zero-order chi connectivity index (χ0) is 17.8. The van der Waals surface area contributed by atoms with Crippen molar-refractivity contribution >= 4 is 29.2 Å². The number of amides is 1. The topological polar surface area (TPSA) is 74.2 Å². The molecule has 0 spiro atoms. The Hall–Kier alpha value is -1.93. The van der Waals surface area contributed by atoms with E-state index in [0.29, 0.717) is 5.96 Å². The Morgan fingerprint density at radius 2 is 2.12 bits per heavy atom. The van der Waals surface area contributed by atoms with Crippen molar-refractivity contribution in [3.05, 3.63) is 22.4 Å². The molecule has 3 rings (SSSR count). The third-order valence-corrected chi connectivity index (χ3v) is 5.53. The van der Waals surface area contributed by atoms with Gasteiger partial charge >= 0.3 is 5.97 Å². The highest BCUT2D eigenvalue weighted by atomic mass is 32.1. The Balaban J connectivity index is 1.85. The second-order valence-electron chi connectivity index (χ2n) is 6.05. The summed E-state index contributed by atoms with van der Waals surface area (Å²) in [6, 6.07) is 3.30. The lowest BCUT2D eigenvalue weighted by atomic mass is 9.96. The zero-order valence-corrected chi connectivity index (χ0v) is 15.4. The van der Waals surface area contributed by atoms with E-state index >= 15 is 0 Å². The maximum absolute atomic E-state index is 12.7. The van der Waals surface area contributed by atoms with Crippen LogP contribution in [0.3, 0.4) is 0 Å². The summed E-state index contributed by atoms with van der Waals surface area (Å²) in [5, 5.41) is 4.75. The highest BCUT2D eigenvalue weighted by Gasteiger charge is 2.42. The van der Waals surface area contributed by atoms with Gasteiger partial charge in [-0.2, -0.15) is 0 Å². The summed E-state index contributed by atoms with van der Waals surface area (Å²) < 4.78 is 5.10. The summed E-state index contributed by atoms with van der Waals surface area (Å²) >= 11 is 1.50. The summed E-state index contributed by atoms with van der Waals surface area (Å²) in [6.45, 7) is 8.66. The second-order valence-corrected chi connectivity index (χ2v) is 7.03. The molecule has 1 amide bonds. The van der Waals surface area contributed by atoms with E-state index in [-0.39, 0.29) is 12.5 Å². The summed E-state index contributed by atoms with van der Waals surface area (Å²) in [5.74, 6) is -1.21. The minimum absolute atomic E-state index is 0.245. The van der Waals surface area contributed by atoms with Crippen molar-refractivity contribution in [3.63, 3.8) is 0 Å². The van der Waals surface area contributed by atoms with Gasteiger partial charge in [0.25, 0.3) is 0 Å². The molecule has 2 aliphatic rings. The van der Waals surface area contributed by atoms with Crippen LogP contribution < -0.4 is 5.32 Å². The fraction of sp³-hybridized carbons (Fsp3) is 0.588. The van der Waals surface area contributed by atoms with Gasteiger partial charge in [-0.3, -0.25) is 14.9 Å². The summed E-state index contributed by atoms with van der Waals surface area (Å²) in [7, 11) is 0. The standard InChI is InChI=1S/C17H24N4O3S/c1-3-20-7-9-21(10-8-20)17-18-14(12-6-5-11-25-12)13(15(22)19-17)16(23)24-4-2/h5-6,11,13-14H,3-4,7-10H2,1-2H3,(H,18,19,22)/t13-,14-/m1/s1. The number of carbonyl (C=O) groups is 2. The Kier molecular flexibility index (Phi) is 5.70. The number of nitrogens with zero attached hydrogens (tertiary/aromatic N) is 3. The van der Waals surface area contributed by atoms with Crippen LogP contribution in [0.25, 0.3) is 0 Å². The predicted octanol–water partition coefficient (Wildman–Crippen LogP) is 1.09. The zero-order valence-electron chi connectivity index (χ0n) is 14.6. The van der Waals surface area contributed by atoms with Crippen molar-refractivity contribution < 1.29 is 14.3 Å². The molecular formula is C17H24N4O3S. The first-order valence-corrected chi connectivity index (χ1v) is 9.58. The molecule has 2 atom stereocenters. The number of piperazine rings is 1. The maximum Gasteiger partial charge on any atom is 0.321 e. The van der Waals surface area contributed by atoms with E-state index in [4.69, 9.17) is 9.73 Å². The average molecular weight is 364 g/mol. The molecule has 0 saturated carbocycles. The molecule has 1 aromatic heterocycles. The lowest BCUT2D eigenvalue weighted by Crippen LogP contribution is -2.57. The molecule has 1 saturated heterocycles. The fourth-order valence-electron chi connectivity index (χ4n) is 3.16. The summed E-state index contributed by atoms with van der Waals surface area (Å²) in [4.78, 5) is 35.1. The summed E-state index contributed by atoms with van der Waals surface area (Å²) in [6.07, 6.45) is 0. The van der Waals surface area contributed by atoms with E-state index in [1.54, 1.807) is 6.92 Å². The number of hydrogen-bond donors (Lipinski definition) is 1. The second kappa shape index (κ2) is 7.97. The van der Waals surface area contributed by atoms with E-state index in [0.717, 1.165) is 37.6 Å². The van der Waals surface area contributed by atoms with Gasteiger partial charge in [0, 0.05) is 31.1 Å². The molecule has 2 aliphatic heterocycles. The lowest BCUT2D eigenvalue weighted by Gasteiger charge is -2.38. The Morgan fingerprint density at radius 3 is 2.72 bits per heavy atom. The minimum atomic E-state index is -0.931. The van der Waals surface area contributed by atoms with Gasteiger partial charge in [0.2, 0.25) is 11.9 Å². The van der Waals surface area contributed by atoms with Crippen molar-refractivity contribution in [2.45, 2.75) is 19.9 Å². The maximum atomic E-state index is 12.7. The van der Waals surface area contributed by atoms with Gasteiger partial charge in [0.15, 0.2) is 5.92 Å². The van der Waals surface area contributed by atoms with Crippen LogP contribution in [0, 0.1) is 5.92 Å². The van der Waals surface area contributed by atoms with E-state index in [1.165, 1.54) is 11.3 Å². The number of thiophene rings is 1. The molecular weight excluding hydrogens is 340 g/mol. The van der Waals surface area contributed by atoms with E-state index in [1.807, 2.05) is 17.5 Å². The van der Waals surface area contributed by atoms with Gasteiger partial charge in [0.1, 0.15) is 6.04 Å². The Bertz CT molecular complexity index is 638. The SMILES string of the molecule is CCOC(=O)[C@H]1C(=O)NC(N2CCN(CC)CC2)=N[C@@H]1c1cccs1. The van der Waals surface area contributed by atoms with Crippen molar-refractivity contribution in [1.82, 2.24) is 15.1 Å². The number of hydrogen-bond acceptors (Lipinski definition) is 7. The van der Waals surface area contributed by atoms with E-state index in [9.17, 15) is 9.59 Å². The van der Waals surface area contributed by atoms with Crippen molar-refractivity contribution in [3.8, 4) is 0 Å². The largest absolute Gasteiger partial charge is 0.465 e. The Labute approximate surface area is 151 Å². The molecule has 1 N–H and O–H groups in total. The molecule has 0 radical (unpaired) electrons.